The molecule has 62 heavy (non-hydrogen) atoms. The van der Waals surface area contributed by atoms with E-state index in [0.29, 0.717) is 12.8 Å². The topological polar surface area (TPSA) is 95.2 Å². The number of rotatable bonds is 24. The standard InChI is InChI=1S/C56H62N4S2/c1-3-5-7-9-11-13-15-17-19-21-25-45-51-43-31-29-41(49-27-23-33-61-49)35-47(43)56(39-59,40-60)54(51)46(26-22-20-18-16-14-12-10-8-6-4-2)52-44-32-30-42(50-28-24-34-62-50)36-48(44)55(37-57,38-58)53(45)52/h23-24,27-36H,3-22,25-26H2,1-2H3. The third kappa shape index (κ3) is 8.81. The number of benzene rings is 3. The first-order valence-electron chi connectivity index (χ1n) is 23.8. The van der Waals surface area contributed by atoms with Crippen LogP contribution in [0.2, 0.25) is 0 Å². The lowest BCUT2D eigenvalue weighted by molar-refractivity contribution is 0.555. The highest BCUT2D eigenvalue weighted by Gasteiger charge is 2.54. The molecule has 318 valence electrons. The molecular weight excluding hydrogens is 793 g/mol. The molecule has 0 radical (unpaired) electrons. The third-order valence-electron chi connectivity index (χ3n) is 13.7. The monoisotopic (exact) mass is 854 g/mol. The first-order valence-corrected chi connectivity index (χ1v) is 25.5. The molecule has 0 N–H and O–H groups in total. The Bertz CT molecular complexity index is 2260. The van der Waals surface area contributed by atoms with Crippen LogP contribution >= 0.6 is 22.7 Å². The van der Waals surface area contributed by atoms with Crippen LogP contribution in [0.4, 0.5) is 0 Å². The van der Waals surface area contributed by atoms with E-state index in [4.69, 9.17) is 0 Å². The summed E-state index contributed by atoms with van der Waals surface area (Å²) in [6.07, 6.45) is 25.5. The van der Waals surface area contributed by atoms with E-state index < -0.39 is 10.8 Å². The zero-order valence-electron chi connectivity index (χ0n) is 37.1. The van der Waals surface area contributed by atoms with E-state index in [-0.39, 0.29) is 0 Å². The summed E-state index contributed by atoms with van der Waals surface area (Å²) in [4.78, 5) is 2.19. The van der Waals surface area contributed by atoms with Crippen LogP contribution in [0, 0.1) is 45.3 Å². The molecule has 7 rings (SSSR count). The van der Waals surface area contributed by atoms with E-state index in [1.807, 2.05) is 12.1 Å². The van der Waals surface area contributed by atoms with Crippen LogP contribution in [0.5, 0.6) is 0 Å². The molecule has 0 fully saturated rings. The van der Waals surface area contributed by atoms with Crippen LogP contribution in [0.25, 0.3) is 43.1 Å². The van der Waals surface area contributed by atoms with Crippen LogP contribution in [-0.2, 0) is 23.7 Å². The van der Waals surface area contributed by atoms with Crippen molar-refractivity contribution in [3.05, 3.63) is 105 Å². The van der Waals surface area contributed by atoms with Gasteiger partial charge in [0, 0.05) is 20.9 Å². The lowest BCUT2D eigenvalue weighted by Crippen LogP contribution is -2.26. The number of nitriles is 4. The number of unbranched alkanes of at least 4 members (excludes halogenated alkanes) is 18. The van der Waals surface area contributed by atoms with Crippen molar-refractivity contribution in [2.24, 2.45) is 0 Å². The molecule has 0 unspecified atom stereocenters. The summed E-state index contributed by atoms with van der Waals surface area (Å²) in [6.45, 7) is 4.52. The minimum Gasteiger partial charge on any atom is -0.196 e. The quantitative estimate of drug-likeness (QED) is 0.0578. The minimum atomic E-state index is -1.53. The van der Waals surface area contributed by atoms with Crippen LogP contribution in [-0.4, -0.2) is 0 Å². The van der Waals surface area contributed by atoms with Crippen LogP contribution < -0.4 is 0 Å². The molecule has 0 bridgehead atoms. The minimum absolute atomic E-state index is 0.676. The Balaban J connectivity index is 1.36. The fourth-order valence-electron chi connectivity index (χ4n) is 10.5. The Hall–Kier alpha value is -4.98. The van der Waals surface area contributed by atoms with Gasteiger partial charge in [-0.25, -0.2) is 0 Å². The molecule has 0 atom stereocenters. The number of fused-ring (bicyclic) bond motifs is 6. The maximum absolute atomic E-state index is 11.5. The van der Waals surface area contributed by atoms with E-state index in [1.165, 1.54) is 89.9 Å². The van der Waals surface area contributed by atoms with Crippen molar-refractivity contribution in [1.82, 2.24) is 0 Å². The molecule has 0 spiro atoms. The smallest absolute Gasteiger partial charge is 0.195 e. The maximum Gasteiger partial charge on any atom is 0.195 e. The van der Waals surface area contributed by atoms with Gasteiger partial charge in [0.15, 0.2) is 10.8 Å². The summed E-state index contributed by atoms with van der Waals surface area (Å²) in [5.41, 5.74) is 7.62. The summed E-state index contributed by atoms with van der Waals surface area (Å²) in [7, 11) is 0. The average Bonchev–Trinajstić information content (AvgIpc) is 4.13. The van der Waals surface area contributed by atoms with E-state index >= 15 is 0 Å². The van der Waals surface area contributed by atoms with E-state index in [2.05, 4.69) is 97.4 Å². The Morgan fingerprint density at radius 3 is 1.08 bits per heavy atom. The predicted octanol–water partition coefficient (Wildman–Crippen LogP) is 16.7. The van der Waals surface area contributed by atoms with Crippen LogP contribution in [0.15, 0.2) is 71.4 Å². The number of thiophene rings is 2. The van der Waals surface area contributed by atoms with Gasteiger partial charge in [-0.05, 0) is 116 Å². The van der Waals surface area contributed by atoms with Crippen LogP contribution in [0.1, 0.15) is 176 Å². The van der Waals surface area contributed by atoms with Gasteiger partial charge in [-0.1, -0.05) is 166 Å². The van der Waals surface area contributed by atoms with Crippen LogP contribution in [0.3, 0.4) is 0 Å². The zero-order chi connectivity index (χ0) is 43.4. The highest BCUT2D eigenvalue weighted by Crippen LogP contribution is 2.61. The first-order chi connectivity index (χ1) is 30.5. The van der Waals surface area contributed by atoms with Gasteiger partial charge in [0.1, 0.15) is 0 Å². The Labute approximate surface area is 379 Å². The van der Waals surface area contributed by atoms with Gasteiger partial charge < -0.3 is 0 Å². The Morgan fingerprint density at radius 2 is 0.774 bits per heavy atom. The second-order valence-corrected chi connectivity index (χ2v) is 19.6. The SMILES string of the molecule is CCCCCCCCCCCCc1c2c(c(CCCCCCCCCCCC)c3c1C(C#N)(C#N)c1cc(-c4cccs4)ccc1-3)C(C#N)(C#N)c1cc(-c3cccs3)ccc1-2. The lowest BCUT2D eigenvalue weighted by Gasteiger charge is -2.27. The summed E-state index contributed by atoms with van der Waals surface area (Å²) in [5.74, 6) is 0. The highest BCUT2D eigenvalue weighted by molar-refractivity contribution is 7.13. The fraction of sp³-hybridized carbons (Fsp3) is 0.464. The largest absolute Gasteiger partial charge is 0.196 e. The van der Waals surface area contributed by atoms with Gasteiger partial charge in [0.05, 0.1) is 24.3 Å². The molecule has 2 aliphatic carbocycles. The predicted molar refractivity (Wildman–Crippen MR) is 259 cm³/mol. The molecule has 0 saturated carbocycles. The van der Waals surface area contributed by atoms with Crippen molar-refractivity contribution in [3.8, 4) is 67.4 Å². The van der Waals surface area contributed by atoms with Crippen molar-refractivity contribution in [1.29, 1.82) is 21.0 Å². The number of hydrogen-bond acceptors (Lipinski definition) is 6. The molecule has 3 aromatic carbocycles. The van der Waals surface area contributed by atoms with E-state index in [0.717, 1.165) is 115 Å². The second-order valence-electron chi connectivity index (χ2n) is 17.7. The van der Waals surface area contributed by atoms with Crippen molar-refractivity contribution in [2.45, 2.75) is 166 Å². The lowest BCUT2D eigenvalue weighted by atomic mass is 9.71. The van der Waals surface area contributed by atoms with Crippen molar-refractivity contribution in [2.75, 3.05) is 0 Å². The van der Waals surface area contributed by atoms with Gasteiger partial charge in [0.25, 0.3) is 0 Å². The van der Waals surface area contributed by atoms with Crippen molar-refractivity contribution in [3.63, 3.8) is 0 Å². The highest BCUT2D eigenvalue weighted by atomic mass is 32.1. The van der Waals surface area contributed by atoms with Gasteiger partial charge in [0.2, 0.25) is 0 Å². The molecule has 2 aliphatic rings. The van der Waals surface area contributed by atoms with E-state index in [9.17, 15) is 21.0 Å². The van der Waals surface area contributed by atoms with Crippen molar-refractivity contribution < 1.29 is 0 Å². The molecule has 0 saturated heterocycles. The van der Waals surface area contributed by atoms with Gasteiger partial charge in [-0.15, -0.1) is 22.7 Å². The average molecular weight is 855 g/mol. The molecule has 0 aliphatic heterocycles. The molecule has 0 amide bonds. The summed E-state index contributed by atoms with van der Waals surface area (Å²) < 4.78 is 0. The summed E-state index contributed by atoms with van der Waals surface area (Å²) >= 11 is 3.31. The third-order valence-corrected chi connectivity index (χ3v) is 15.5. The Kier molecular flexibility index (Phi) is 15.6. The molecule has 4 nitrogen and oxygen atoms in total. The Morgan fingerprint density at radius 1 is 0.435 bits per heavy atom. The van der Waals surface area contributed by atoms with E-state index in [1.54, 1.807) is 22.7 Å². The molecule has 5 aromatic rings. The first kappa shape index (κ1) is 45.1. The number of nitrogens with zero attached hydrogens (tertiary/aromatic N) is 4. The normalized spacial score (nSPS) is 13.6. The maximum atomic E-state index is 11.5. The second kappa shape index (κ2) is 21.4. The summed E-state index contributed by atoms with van der Waals surface area (Å²) in [5, 5.41) is 50.0. The molecule has 2 aromatic heterocycles. The van der Waals surface area contributed by atoms with Crippen molar-refractivity contribution >= 4 is 22.7 Å². The number of hydrogen-bond donors (Lipinski definition) is 0. The van der Waals surface area contributed by atoms with Gasteiger partial charge in [-0.2, -0.15) is 21.0 Å². The van der Waals surface area contributed by atoms with Gasteiger partial charge in [-0.3, -0.25) is 0 Å². The molecule has 2 heterocycles. The molecular formula is C56H62N4S2. The zero-order valence-corrected chi connectivity index (χ0v) is 38.7. The molecule has 6 heteroatoms. The summed E-state index contributed by atoms with van der Waals surface area (Å²) in [6, 6.07) is 31.4. The van der Waals surface area contributed by atoms with Gasteiger partial charge >= 0.3 is 0 Å². The fourth-order valence-corrected chi connectivity index (χ4v) is 11.9.